The maximum absolute atomic E-state index is 5.69. The van der Waals surface area contributed by atoms with E-state index in [0.29, 0.717) is 6.04 Å². The first kappa shape index (κ1) is 20.0. The largest absolute Gasteiger partial charge is 0.370 e. The lowest BCUT2D eigenvalue weighted by molar-refractivity contribution is 0.361. The first-order chi connectivity index (χ1) is 14.1. The van der Waals surface area contributed by atoms with Gasteiger partial charge < -0.3 is 21.7 Å². The SMILES string of the molecule is Cc1ccc2c(c1)C(NC1CCCCC1N=C(N)N)=NCN2C1CCCCCC1. The van der Waals surface area contributed by atoms with Crippen molar-refractivity contribution in [1.29, 1.82) is 0 Å². The van der Waals surface area contributed by atoms with Crippen LogP contribution in [0, 0.1) is 6.92 Å². The average molecular weight is 397 g/mol. The molecule has 2 fully saturated rings. The van der Waals surface area contributed by atoms with Crippen molar-refractivity contribution in [1.82, 2.24) is 5.32 Å². The maximum Gasteiger partial charge on any atom is 0.186 e. The number of nitrogens with zero attached hydrogens (tertiary/aromatic N) is 3. The molecule has 1 heterocycles. The van der Waals surface area contributed by atoms with Crippen LogP contribution in [0.4, 0.5) is 5.69 Å². The molecule has 6 heteroatoms. The van der Waals surface area contributed by atoms with Crippen LogP contribution in [0.15, 0.2) is 28.2 Å². The summed E-state index contributed by atoms with van der Waals surface area (Å²) in [5.41, 5.74) is 15.2. The molecule has 29 heavy (non-hydrogen) atoms. The molecular formula is C23H36N6. The van der Waals surface area contributed by atoms with Crippen molar-refractivity contribution in [2.24, 2.45) is 21.5 Å². The minimum Gasteiger partial charge on any atom is -0.370 e. The summed E-state index contributed by atoms with van der Waals surface area (Å²) < 4.78 is 0. The number of aliphatic imine (C=N–C) groups is 2. The zero-order valence-electron chi connectivity index (χ0n) is 17.7. The van der Waals surface area contributed by atoms with Gasteiger partial charge in [-0.2, -0.15) is 0 Å². The van der Waals surface area contributed by atoms with E-state index in [1.165, 1.54) is 68.2 Å². The fourth-order valence-corrected chi connectivity index (χ4v) is 5.20. The smallest absolute Gasteiger partial charge is 0.186 e. The first-order valence-corrected chi connectivity index (χ1v) is 11.4. The number of guanidine groups is 1. The van der Waals surface area contributed by atoms with Crippen LogP contribution in [0.25, 0.3) is 0 Å². The Balaban J connectivity index is 1.58. The van der Waals surface area contributed by atoms with Crippen LogP contribution in [0.2, 0.25) is 0 Å². The molecule has 4 rings (SSSR count). The normalized spacial score (nSPS) is 25.6. The summed E-state index contributed by atoms with van der Waals surface area (Å²) in [6, 6.07) is 7.78. The van der Waals surface area contributed by atoms with Crippen LogP contribution < -0.4 is 21.7 Å². The van der Waals surface area contributed by atoms with Crippen LogP contribution in [0.5, 0.6) is 0 Å². The van der Waals surface area contributed by atoms with E-state index in [1.54, 1.807) is 0 Å². The highest BCUT2D eigenvalue weighted by Crippen LogP contribution is 2.33. The third-order valence-electron chi connectivity index (χ3n) is 6.73. The van der Waals surface area contributed by atoms with Crippen molar-refractivity contribution in [2.75, 3.05) is 11.6 Å². The monoisotopic (exact) mass is 396 g/mol. The van der Waals surface area contributed by atoms with Gasteiger partial charge in [-0.3, -0.25) is 0 Å². The molecule has 5 N–H and O–H groups in total. The third-order valence-corrected chi connectivity index (χ3v) is 6.73. The topological polar surface area (TPSA) is 92.0 Å². The number of benzene rings is 1. The van der Waals surface area contributed by atoms with Gasteiger partial charge in [-0.25, -0.2) is 9.98 Å². The van der Waals surface area contributed by atoms with E-state index in [0.717, 1.165) is 25.3 Å². The third kappa shape index (κ3) is 4.68. The Kier molecular flexibility index (Phi) is 6.26. The number of hydrogen-bond donors (Lipinski definition) is 3. The number of rotatable bonds is 3. The fraction of sp³-hybridized carbons (Fsp3) is 0.652. The summed E-state index contributed by atoms with van der Waals surface area (Å²) in [4.78, 5) is 12.1. The highest BCUT2D eigenvalue weighted by molar-refractivity contribution is 6.05. The van der Waals surface area contributed by atoms with Gasteiger partial charge in [0.25, 0.3) is 0 Å². The Morgan fingerprint density at radius 1 is 1.03 bits per heavy atom. The number of anilines is 1. The van der Waals surface area contributed by atoms with Crippen LogP contribution in [-0.4, -0.2) is 36.6 Å². The molecule has 2 saturated carbocycles. The molecule has 158 valence electrons. The molecule has 1 aromatic rings. The molecule has 0 bridgehead atoms. The van der Waals surface area contributed by atoms with E-state index >= 15 is 0 Å². The number of fused-ring (bicyclic) bond motifs is 1. The van der Waals surface area contributed by atoms with Crippen molar-refractivity contribution in [3.05, 3.63) is 29.3 Å². The van der Waals surface area contributed by atoms with Crippen molar-refractivity contribution < 1.29 is 0 Å². The Morgan fingerprint density at radius 3 is 2.52 bits per heavy atom. The molecule has 0 radical (unpaired) electrons. The second kappa shape index (κ2) is 9.06. The zero-order valence-corrected chi connectivity index (χ0v) is 17.7. The van der Waals surface area contributed by atoms with Gasteiger partial charge >= 0.3 is 0 Å². The van der Waals surface area contributed by atoms with E-state index in [4.69, 9.17) is 16.5 Å². The van der Waals surface area contributed by atoms with E-state index in [9.17, 15) is 0 Å². The van der Waals surface area contributed by atoms with Crippen LogP contribution in [-0.2, 0) is 0 Å². The minimum absolute atomic E-state index is 0.129. The second-order valence-electron chi connectivity index (χ2n) is 8.94. The van der Waals surface area contributed by atoms with Crippen molar-refractivity contribution in [3.8, 4) is 0 Å². The van der Waals surface area contributed by atoms with Crippen LogP contribution in [0.3, 0.4) is 0 Å². The van der Waals surface area contributed by atoms with Gasteiger partial charge in [0.15, 0.2) is 5.96 Å². The predicted octanol–water partition coefficient (Wildman–Crippen LogP) is 3.42. The Hall–Kier alpha value is -2.24. The van der Waals surface area contributed by atoms with Gasteiger partial charge in [0.2, 0.25) is 0 Å². The molecule has 6 nitrogen and oxygen atoms in total. The molecule has 1 aromatic carbocycles. The molecular weight excluding hydrogens is 360 g/mol. The summed E-state index contributed by atoms with van der Waals surface area (Å²) in [7, 11) is 0. The van der Waals surface area contributed by atoms with Gasteiger partial charge in [-0.1, -0.05) is 50.2 Å². The van der Waals surface area contributed by atoms with Crippen LogP contribution >= 0.6 is 0 Å². The first-order valence-electron chi connectivity index (χ1n) is 11.4. The van der Waals surface area contributed by atoms with E-state index in [-0.39, 0.29) is 18.0 Å². The summed E-state index contributed by atoms with van der Waals surface area (Å²) in [5, 5.41) is 3.74. The number of hydrogen-bond acceptors (Lipinski definition) is 4. The summed E-state index contributed by atoms with van der Waals surface area (Å²) in [5.74, 6) is 1.20. The second-order valence-corrected chi connectivity index (χ2v) is 8.94. The molecule has 0 amide bonds. The number of nitrogens with one attached hydrogen (secondary N) is 1. The van der Waals surface area contributed by atoms with E-state index < -0.39 is 0 Å². The lowest BCUT2D eigenvalue weighted by atomic mass is 9.90. The van der Waals surface area contributed by atoms with Crippen LogP contribution in [0.1, 0.15) is 75.3 Å². The van der Waals surface area contributed by atoms with Gasteiger partial charge in [0.05, 0.1) is 12.1 Å². The average Bonchev–Trinajstić information content (AvgIpc) is 2.99. The molecule has 0 spiro atoms. The molecule has 2 aliphatic carbocycles. The molecule has 2 unspecified atom stereocenters. The van der Waals surface area contributed by atoms with Gasteiger partial charge in [-0.15, -0.1) is 0 Å². The quantitative estimate of drug-likeness (QED) is 0.415. The zero-order chi connectivity index (χ0) is 20.2. The predicted molar refractivity (Wildman–Crippen MR) is 122 cm³/mol. The summed E-state index contributed by atoms with van der Waals surface area (Å²) in [6.45, 7) is 2.90. The fourth-order valence-electron chi connectivity index (χ4n) is 5.20. The molecule has 3 aliphatic rings. The van der Waals surface area contributed by atoms with Gasteiger partial charge in [-0.05, 0) is 44.7 Å². The Morgan fingerprint density at radius 2 is 1.76 bits per heavy atom. The van der Waals surface area contributed by atoms with E-state index in [2.05, 4.69) is 40.3 Å². The number of amidine groups is 1. The minimum atomic E-state index is 0.129. The Labute approximate surface area is 174 Å². The molecule has 0 saturated heterocycles. The molecule has 1 aliphatic heterocycles. The Bertz CT molecular complexity index is 759. The van der Waals surface area contributed by atoms with Gasteiger partial charge in [0.1, 0.15) is 12.5 Å². The summed E-state index contributed by atoms with van der Waals surface area (Å²) in [6.07, 6.45) is 12.4. The lowest BCUT2D eigenvalue weighted by Gasteiger charge is -2.38. The molecule has 2 atom stereocenters. The number of nitrogens with two attached hydrogens (primary N) is 2. The standard InChI is InChI=1S/C23H36N6/c1-16-12-13-21-18(14-16)22(26-15-29(21)17-8-4-2-3-5-9-17)27-19-10-6-7-11-20(19)28-23(24)25/h12-14,17,19-20H,2-11,15H2,1H3,(H,26,27)(H4,24,25,28). The molecule has 0 aromatic heterocycles. The van der Waals surface area contributed by atoms with Crippen molar-refractivity contribution in [3.63, 3.8) is 0 Å². The number of aryl methyl sites for hydroxylation is 1. The highest BCUT2D eigenvalue weighted by atomic mass is 15.3. The summed E-state index contributed by atoms with van der Waals surface area (Å²) >= 11 is 0. The van der Waals surface area contributed by atoms with Crippen molar-refractivity contribution >= 4 is 17.5 Å². The maximum atomic E-state index is 5.69. The van der Waals surface area contributed by atoms with Gasteiger partial charge in [0, 0.05) is 17.3 Å². The van der Waals surface area contributed by atoms with E-state index in [1.807, 2.05) is 0 Å². The van der Waals surface area contributed by atoms with Crippen molar-refractivity contribution in [2.45, 2.75) is 89.3 Å². The lowest BCUT2D eigenvalue weighted by Crippen LogP contribution is -2.48. The highest BCUT2D eigenvalue weighted by Gasteiger charge is 2.30.